The number of piperidine rings is 1. The largest absolute Gasteiger partial charge is 0.345 e. The van der Waals surface area contributed by atoms with Crippen molar-refractivity contribution in [3.8, 4) is 0 Å². The Bertz CT molecular complexity index is 680. The topological polar surface area (TPSA) is 61.4 Å². The number of rotatable bonds is 5. The minimum atomic E-state index is -0.454. The maximum absolute atomic E-state index is 13.2. The number of benzene rings is 1. The lowest BCUT2D eigenvalue weighted by molar-refractivity contribution is -0.138. The van der Waals surface area contributed by atoms with Gasteiger partial charge in [-0.15, -0.1) is 0 Å². The second-order valence-corrected chi connectivity index (χ2v) is 7.83. The number of nitrogens with zero attached hydrogens (tertiary/aromatic N) is 1. The Kier molecular flexibility index (Phi) is 6.47. The van der Waals surface area contributed by atoms with Gasteiger partial charge in [0.1, 0.15) is 11.4 Å². The normalized spacial score (nSPS) is 20.1. The summed E-state index contributed by atoms with van der Waals surface area (Å²) >= 11 is 0. The van der Waals surface area contributed by atoms with E-state index in [4.69, 9.17) is 0 Å². The van der Waals surface area contributed by atoms with Crippen molar-refractivity contribution in [1.82, 2.24) is 10.2 Å². The number of hydrogen-bond acceptors (Lipinski definition) is 3. The average Bonchev–Trinajstić information content (AvgIpc) is 2.69. The lowest BCUT2D eigenvalue weighted by Crippen LogP contribution is -2.61. The van der Waals surface area contributed by atoms with Gasteiger partial charge in [-0.3, -0.25) is 14.5 Å². The molecule has 27 heavy (non-hydrogen) atoms. The molecule has 1 saturated carbocycles. The van der Waals surface area contributed by atoms with Gasteiger partial charge in [0.15, 0.2) is 0 Å². The van der Waals surface area contributed by atoms with Crippen LogP contribution in [-0.2, 0) is 9.59 Å². The molecule has 1 aliphatic carbocycles. The van der Waals surface area contributed by atoms with Gasteiger partial charge in [-0.05, 0) is 69.5 Å². The van der Waals surface area contributed by atoms with Gasteiger partial charge in [0, 0.05) is 5.69 Å². The van der Waals surface area contributed by atoms with Crippen molar-refractivity contribution in [3.63, 3.8) is 0 Å². The number of likely N-dealkylation sites (tertiary alicyclic amines) is 1. The summed E-state index contributed by atoms with van der Waals surface area (Å²) in [5.74, 6) is -0.641. The molecular weight excluding hydrogens is 345 g/mol. The van der Waals surface area contributed by atoms with Crippen LogP contribution in [0.25, 0.3) is 0 Å². The lowest BCUT2D eigenvalue weighted by Gasteiger charge is -2.46. The van der Waals surface area contributed by atoms with E-state index in [1.165, 1.54) is 25.0 Å². The standard InChI is InChI=1S/C21H30FN3O2/c1-16-14-17(22)8-9-18(16)24-19(26)15-23-20(27)21(10-4-2-5-11-21)25-12-6-3-7-13-25/h8-9,14H,2-7,10-13,15H2,1H3,(H,23,27)(H,24,26). The van der Waals surface area contributed by atoms with E-state index in [0.29, 0.717) is 11.3 Å². The highest BCUT2D eigenvalue weighted by atomic mass is 19.1. The third kappa shape index (κ3) is 4.67. The quantitative estimate of drug-likeness (QED) is 0.829. The molecule has 2 amide bonds. The summed E-state index contributed by atoms with van der Waals surface area (Å²) in [7, 11) is 0. The summed E-state index contributed by atoms with van der Waals surface area (Å²) < 4.78 is 13.2. The van der Waals surface area contributed by atoms with Crippen LogP contribution in [-0.4, -0.2) is 41.9 Å². The van der Waals surface area contributed by atoms with Crippen molar-refractivity contribution >= 4 is 17.5 Å². The molecule has 0 spiro atoms. The molecule has 0 unspecified atom stereocenters. The maximum Gasteiger partial charge on any atom is 0.243 e. The van der Waals surface area contributed by atoms with Gasteiger partial charge in [-0.1, -0.05) is 25.7 Å². The van der Waals surface area contributed by atoms with E-state index in [1.807, 2.05) is 0 Å². The zero-order chi connectivity index (χ0) is 19.3. The van der Waals surface area contributed by atoms with Crippen LogP contribution in [0.1, 0.15) is 56.9 Å². The Hall–Kier alpha value is -1.95. The second-order valence-electron chi connectivity index (χ2n) is 7.83. The molecule has 148 valence electrons. The van der Waals surface area contributed by atoms with Gasteiger partial charge in [0.05, 0.1) is 6.54 Å². The van der Waals surface area contributed by atoms with Crippen molar-refractivity contribution in [2.75, 3.05) is 25.0 Å². The van der Waals surface area contributed by atoms with E-state index in [-0.39, 0.29) is 24.2 Å². The molecule has 1 aromatic rings. The van der Waals surface area contributed by atoms with Gasteiger partial charge in [0.2, 0.25) is 11.8 Å². The molecule has 2 aliphatic rings. The lowest BCUT2D eigenvalue weighted by atomic mass is 9.78. The summed E-state index contributed by atoms with van der Waals surface area (Å²) in [5, 5.41) is 5.63. The number of anilines is 1. The number of nitrogens with one attached hydrogen (secondary N) is 2. The number of carbonyl (C=O) groups is 2. The van der Waals surface area contributed by atoms with E-state index in [1.54, 1.807) is 13.0 Å². The van der Waals surface area contributed by atoms with Crippen LogP contribution in [0.3, 0.4) is 0 Å². The third-order valence-electron chi connectivity index (χ3n) is 5.94. The smallest absolute Gasteiger partial charge is 0.243 e. The first-order chi connectivity index (χ1) is 13.0. The van der Waals surface area contributed by atoms with Gasteiger partial charge in [-0.25, -0.2) is 4.39 Å². The first kappa shape index (κ1) is 19.8. The van der Waals surface area contributed by atoms with Crippen LogP contribution < -0.4 is 10.6 Å². The van der Waals surface area contributed by atoms with Crippen LogP contribution >= 0.6 is 0 Å². The molecule has 1 aliphatic heterocycles. The van der Waals surface area contributed by atoms with E-state index in [0.717, 1.165) is 51.6 Å². The van der Waals surface area contributed by atoms with Crippen LogP contribution in [0, 0.1) is 12.7 Å². The first-order valence-corrected chi connectivity index (χ1v) is 10.1. The van der Waals surface area contributed by atoms with E-state index in [2.05, 4.69) is 15.5 Å². The SMILES string of the molecule is Cc1cc(F)ccc1NC(=O)CNC(=O)C1(N2CCCCC2)CCCCC1. The van der Waals surface area contributed by atoms with E-state index < -0.39 is 5.54 Å². The highest BCUT2D eigenvalue weighted by Gasteiger charge is 2.44. The number of hydrogen-bond donors (Lipinski definition) is 2. The highest BCUT2D eigenvalue weighted by Crippen LogP contribution is 2.35. The molecule has 1 saturated heterocycles. The molecule has 0 aromatic heterocycles. The molecule has 1 aromatic carbocycles. The zero-order valence-electron chi connectivity index (χ0n) is 16.2. The van der Waals surface area contributed by atoms with Gasteiger partial charge in [0.25, 0.3) is 0 Å². The maximum atomic E-state index is 13.2. The summed E-state index contributed by atoms with van der Waals surface area (Å²) in [6.45, 7) is 3.61. The molecule has 1 heterocycles. The van der Waals surface area contributed by atoms with E-state index >= 15 is 0 Å². The first-order valence-electron chi connectivity index (χ1n) is 10.1. The van der Waals surface area contributed by atoms with Crippen molar-refractivity contribution < 1.29 is 14.0 Å². The monoisotopic (exact) mass is 375 g/mol. The molecular formula is C21H30FN3O2. The molecule has 0 bridgehead atoms. The fourth-order valence-electron chi connectivity index (χ4n) is 4.43. The minimum Gasteiger partial charge on any atom is -0.345 e. The van der Waals surface area contributed by atoms with Crippen molar-refractivity contribution in [2.45, 2.75) is 63.8 Å². The number of amides is 2. The molecule has 6 heteroatoms. The Balaban J connectivity index is 1.60. The van der Waals surface area contributed by atoms with Gasteiger partial charge in [-0.2, -0.15) is 0 Å². The Labute approximate surface area is 160 Å². The summed E-state index contributed by atoms with van der Waals surface area (Å²) in [6, 6.07) is 4.23. The molecule has 2 fully saturated rings. The predicted molar refractivity (Wildman–Crippen MR) is 104 cm³/mol. The highest BCUT2D eigenvalue weighted by molar-refractivity contribution is 5.96. The zero-order valence-corrected chi connectivity index (χ0v) is 16.2. The molecule has 3 rings (SSSR count). The molecule has 5 nitrogen and oxygen atoms in total. The number of halogens is 1. The molecule has 0 atom stereocenters. The number of aryl methyl sites for hydroxylation is 1. The van der Waals surface area contributed by atoms with Gasteiger partial charge < -0.3 is 10.6 Å². The van der Waals surface area contributed by atoms with Crippen LogP contribution in [0.5, 0.6) is 0 Å². The Morgan fingerprint density at radius 2 is 1.74 bits per heavy atom. The fraction of sp³-hybridized carbons (Fsp3) is 0.619. The summed E-state index contributed by atoms with van der Waals surface area (Å²) in [6.07, 6.45) is 8.55. The third-order valence-corrected chi connectivity index (χ3v) is 5.94. The Morgan fingerprint density at radius 3 is 2.41 bits per heavy atom. The van der Waals surface area contributed by atoms with Gasteiger partial charge >= 0.3 is 0 Å². The second kappa shape index (κ2) is 8.83. The average molecular weight is 375 g/mol. The fourth-order valence-corrected chi connectivity index (χ4v) is 4.43. The van der Waals surface area contributed by atoms with Crippen LogP contribution in [0.4, 0.5) is 10.1 Å². The molecule has 0 radical (unpaired) electrons. The molecule has 2 N–H and O–H groups in total. The summed E-state index contributed by atoms with van der Waals surface area (Å²) in [4.78, 5) is 27.7. The van der Waals surface area contributed by atoms with Crippen molar-refractivity contribution in [1.29, 1.82) is 0 Å². The minimum absolute atomic E-state index is 0.0184. The van der Waals surface area contributed by atoms with E-state index in [9.17, 15) is 14.0 Å². The van der Waals surface area contributed by atoms with Crippen molar-refractivity contribution in [2.24, 2.45) is 0 Å². The Morgan fingerprint density at radius 1 is 1.07 bits per heavy atom. The summed E-state index contributed by atoms with van der Waals surface area (Å²) in [5.41, 5.74) is 0.774. The van der Waals surface area contributed by atoms with Crippen LogP contribution in [0.2, 0.25) is 0 Å². The van der Waals surface area contributed by atoms with Crippen molar-refractivity contribution in [3.05, 3.63) is 29.6 Å². The number of carbonyl (C=O) groups excluding carboxylic acids is 2. The predicted octanol–water partition coefficient (Wildman–Crippen LogP) is 3.38. The van der Waals surface area contributed by atoms with Crippen LogP contribution in [0.15, 0.2) is 18.2 Å².